The molecule has 3 aliphatic rings. The molecule has 0 aliphatic carbocycles. The summed E-state index contributed by atoms with van der Waals surface area (Å²) in [7, 11) is 0. The van der Waals surface area contributed by atoms with Crippen molar-refractivity contribution in [3.05, 3.63) is 12.2 Å². The van der Waals surface area contributed by atoms with Gasteiger partial charge in [0.1, 0.15) is 67.1 Å². The van der Waals surface area contributed by atoms with E-state index in [4.69, 9.17) is 28.4 Å². The Balaban J connectivity index is 1.58. The number of ether oxygens (including phenoxy) is 6. The highest BCUT2D eigenvalue weighted by Crippen LogP contribution is 2.39. The van der Waals surface area contributed by atoms with E-state index < -0.39 is 155 Å². The number of allylic oxidation sites excluding steroid dienone is 1. The van der Waals surface area contributed by atoms with E-state index in [0.717, 1.165) is 51.9 Å². The number of aliphatic hydroxyl groups excluding tert-OH is 11. The number of hydrogen-bond donors (Lipinski definition) is 14. The van der Waals surface area contributed by atoms with Gasteiger partial charge in [0.15, 0.2) is 12.6 Å². The summed E-state index contributed by atoms with van der Waals surface area (Å²) in [5, 5.41) is 136. The Hall–Kier alpha value is -2.53. The summed E-state index contributed by atoms with van der Waals surface area (Å²) >= 11 is 0. The third-order valence-corrected chi connectivity index (χ3v) is 19.0. The van der Waals surface area contributed by atoms with Crippen molar-refractivity contribution in [1.29, 1.82) is 0 Å². The lowest BCUT2D eigenvalue weighted by atomic mass is 9.88. The molecule has 552 valence electrons. The number of unbranched alkanes of at least 4 members (excludes halogenated alkanes) is 37. The second-order valence-electron chi connectivity index (χ2n) is 27.2. The zero-order chi connectivity index (χ0) is 68.9. The van der Waals surface area contributed by atoms with Crippen molar-refractivity contribution in [1.82, 2.24) is 10.6 Å². The van der Waals surface area contributed by atoms with Crippen LogP contribution in [-0.4, -0.2) is 215 Å². The minimum Gasteiger partial charge on any atom is -0.477 e. The highest BCUT2D eigenvalue weighted by Gasteiger charge is 2.60. The van der Waals surface area contributed by atoms with Gasteiger partial charge in [-0.3, -0.25) is 9.59 Å². The van der Waals surface area contributed by atoms with Crippen LogP contribution in [0.15, 0.2) is 12.2 Å². The molecule has 23 heteroatoms. The first kappa shape index (κ1) is 85.7. The minimum atomic E-state index is -3.08. The lowest BCUT2D eigenvalue weighted by Crippen LogP contribution is -2.70. The Morgan fingerprint density at radius 2 is 0.989 bits per heavy atom. The van der Waals surface area contributed by atoms with Crippen LogP contribution in [0.5, 0.6) is 0 Å². The first-order valence-electron chi connectivity index (χ1n) is 37.1. The largest absolute Gasteiger partial charge is 0.477 e. The maximum atomic E-state index is 13.5. The second-order valence-corrected chi connectivity index (χ2v) is 27.2. The summed E-state index contributed by atoms with van der Waals surface area (Å²) in [6.45, 7) is 2.17. The zero-order valence-electron chi connectivity index (χ0n) is 57.8. The first-order valence-corrected chi connectivity index (χ1v) is 37.1. The van der Waals surface area contributed by atoms with Crippen LogP contribution >= 0.6 is 0 Å². The molecule has 0 aromatic heterocycles. The third kappa shape index (κ3) is 33.1. The predicted octanol–water partition coefficient (Wildman–Crippen LogP) is 7.85. The summed E-state index contributed by atoms with van der Waals surface area (Å²) < 4.78 is 34.8. The molecule has 3 heterocycles. The Labute approximate surface area is 562 Å². The number of carboxylic acids is 1. The third-order valence-electron chi connectivity index (χ3n) is 19.0. The number of aliphatic carboxylic acids is 1. The molecule has 3 fully saturated rings. The van der Waals surface area contributed by atoms with Gasteiger partial charge in [-0.1, -0.05) is 257 Å². The molecule has 2 amide bonds. The van der Waals surface area contributed by atoms with Crippen LogP contribution in [0.3, 0.4) is 0 Å². The number of hydrogen-bond acceptors (Lipinski definition) is 20. The van der Waals surface area contributed by atoms with E-state index in [1.54, 1.807) is 6.08 Å². The fourth-order valence-corrected chi connectivity index (χ4v) is 13.1. The van der Waals surface area contributed by atoms with Gasteiger partial charge < -0.3 is 100 Å². The molecule has 94 heavy (non-hydrogen) atoms. The maximum absolute atomic E-state index is 13.5. The Morgan fingerprint density at radius 1 is 0.553 bits per heavy atom. The van der Waals surface area contributed by atoms with Crippen LogP contribution < -0.4 is 10.6 Å². The van der Waals surface area contributed by atoms with E-state index in [2.05, 4.69) is 24.5 Å². The molecule has 3 aliphatic heterocycles. The van der Waals surface area contributed by atoms with E-state index in [0.29, 0.717) is 12.8 Å². The second kappa shape index (κ2) is 51.6. The van der Waals surface area contributed by atoms with Crippen molar-refractivity contribution in [3.8, 4) is 0 Å². The van der Waals surface area contributed by atoms with Crippen molar-refractivity contribution < 1.29 is 104 Å². The number of rotatable bonds is 57. The molecule has 0 spiro atoms. The van der Waals surface area contributed by atoms with Crippen molar-refractivity contribution >= 4 is 17.8 Å². The fourth-order valence-electron chi connectivity index (χ4n) is 13.1. The van der Waals surface area contributed by atoms with Crippen molar-refractivity contribution in [2.75, 3.05) is 26.4 Å². The molecule has 3 rings (SSSR count). The van der Waals surface area contributed by atoms with Crippen LogP contribution in [0.25, 0.3) is 0 Å². The van der Waals surface area contributed by atoms with Gasteiger partial charge in [-0.05, 0) is 19.3 Å². The number of nitrogens with one attached hydrogen (secondary N) is 2. The molecule has 0 aromatic carbocycles. The molecule has 23 nitrogen and oxygen atoms in total. The topological polar surface area (TPSA) is 373 Å². The molecular formula is C71H132N2O21. The quantitative estimate of drug-likeness (QED) is 0.0203. The van der Waals surface area contributed by atoms with E-state index in [9.17, 15) is 75.7 Å². The number of aliphatic hydroxyl groups is 11. The smallest absolute Gasteiger partial charge is 0.364 e. The molecule has 0 saturated carbocycles. The Kier molecular flexibility index (Phi) is 47.0. The molecule has 18 atom stereocenters. The Morgan fingerprint density at radius 3 is 1.41 bits per heavy atom. The van der Waals surface area contributed by atoms with Crippen molar-refractivity contribution in [2.24, 2.45) is 0 Å². The van der Waals surface area contributed by atoms with E-state index in [1.165, 1.54) is 193 Å². The van der Waals surface area contributed by atoms with Gasteiger partial charge in [-0.15, -0.1) is 0 Å². The van der Waals surface area contributed by atoms with Gasteiger partial charge in [0, 0.05) is 19.8 Å². The van der Waals surface area contributed by atoms with Crippen LogP contribution in [-0.2, 0) is 42.8 Å². The van der Waals surface area contributed by atoms with Gasteiger partial charge in [0.2, 0.25) is 11.8 Å². The van der Waals surface area contributed by atoms with E-state index >= 15 is 0 Å². The fraction of sp³-hybridized carbons (Fsp3) is 0.930. The van der Waals surface area contributed by atoms with Gasteiger partial charge in [0.25, 0.3) is 5.79 Å². The molecule has 0 aromatic rings. The van der Waals surface area contributed by atoms with Gasteiger partial charge in [0.05, 0.1) is 50.7 Å². The molecule has 3 saturated heterocycles. The van der Waals surface area contributed by atoms with Crippen LogP contribution in [0.1, 0.15) is 284 Å². The summed E-state index contributed by atoms with van der Waals surface area (Å²) in [4.78, 5) is 38.6. The van der Waals surface area contributed by atoms with Crippen LogP contribution in [0.4, 0.5) is 0 Å². The highest BCUT2D eigenvalue weighted by molar-refractivity contribution is 5.77. The molecule has 14 N–H and O–H groups in total. The lowest BCUT2D eigenvalue weighted by molar-refractivity contribution is -0.386. The standard InChI is InChI=1S/C71H132N2O21/c1-4-6-8-10-12-14-16-18-20-22-24-26-28-30-32-34-36-38-40-42-44-53(78)52(73-58(81)45-43-41-39-37-35-33-31-29-27-25-23-21-19-17-15-13-11-9-7-5-2)50-89-68-63(85)62(84)65(57(49-76)91-68)92-69-64(86)67(61(83)56(48-75)90-69)94-71(70(87)88)46-54(79)59(72-51(3)77)66(93-71)60(82)55(80)47-74/h42,44,52-57,59-69,74-76,78-80,82-86H,4-41,43,45-50H2,1-3H3,(H,72,77)(H,73,81)(H,87,88)/b44-42+. The summed E-state index contributed by atoms with van der Waals surface area (Å²) in [5.74, 6) is -6.13. The number of carbonyl (C=O) groups is 3. The average molecular weight is 1350 g/mol. The van der Waals surface area contributed by atoms with E-state index in [-0.39, 0.29) is 12.3 Å². The summed E-state index contributed by atoms with van der Waals surface area (Å²) in [5.41, 5.74) is 0. The van der Waals surface area contributed by atoms with Gasteiger partial charge in [-0.2, -0.15) is 0 Å². The summed E-state index contributed by atoms with van der Waals surface area (Å²) in [6.07, 6.45) is 22.4. The molecule has 0 bridgehead atoms. The zero-order valence-corrected chi connectivity index (χ0v) is 57.8. The molecule has 18 unspecified atom stereocenters. The maximum Gasteiger partial charge on any atom is 0.364 e. The minimum absolute atomic E-state index is 0.205. The highest BCUT2D eigenvalue weighted by atomic mass is 16.8. The number of carbonyl (C=O) groups excluding carboxylic acids is 2. The number of carboxylic acid groups (broad SMARTS) is 1. The van der Waals surface area contributed by atoms with Crippen LogP contribution in [0.2, 0.25) is 0 Å². The van der Waals surface area contributed by atoms with Gasteiger partial charge >= 0.3 is 5.97 Å². The number of amides is 2. The monoisotopic (exact) mass is 1350 g/mol. The van der Waals surface area contributed by atoms with Gasteiger partial charge in [-0.25, -0.2) is 4.79 Å². The van der Waals surface area contributed by atoms with E-state index in [1.807, 2.05) is 6.08 Å². The molecule has 0 radical (unpaired) electrons. The van der Waals surface area contributed by atoms with Crippen molar-refractivity contribution in [2.45, 2.75) is 394 Å². The Bertz CT molecular complexity index is 1940. The predicted molar refractivity (Wildman–Crippen MR) is 357 cm³/mol. The van der Waals surface area contributed by atoms with Crippen molar-refractivity contribution in [3.63, 3.8) is 0 Å². The summed E-state index contributed by atoms with van der Waals surface area (Å²) in [6, 6.07) is -2.61. The lowest BCUT2D eigenvalue weighted by Gasteiger charge is -2.50. The SMILES string of the molecule is CCCCCCCCCCCCCCCCCCCC/C=C/C(O)C(COC1OC(CO)C(OC2OC(CO)C(O)C(OC3(C(=O)O)CC(O)C(NC(C)=O)C(C(O)C(O)CO)O3)C2O)C(O)C1O)NC(=O)CCCCCCCCCCCCCCCCCCCCCC. The average Bonchev–Trinajstić information content (AvgIpc) is 0.758. The normalized spacial score (nSPS) is 27.9. The first-order chi connectivity index (χ1) is 45.4. The van der Waals surface area contributed by atoms with Crippen LogP contribution in [0, 0.1) is 0 Å². The molecular weight excluding hydrogens is 1220 g/mol.